The van der Waals surface area contributed by atoms with Crippen molar-refractivity contribution in [2.45, 2.75) is 51.8 Å². The van der Waals surface area contributed by atoms with Crippen LogP contribution in [0.1, 0.15) is 38.3 Å². The van der Waals surface area contributed by atoms with Gasteiger partial charge in [0.2, 0.25) is 17.7 Å². The Balaban J connectivity index is 1.56. The summed E-state index contributed by atoms with van der Waals surface area (Å²) in [7, 11) is 1.64. The van der Waals surface area contributed by atoms with Gasteiger partial charge in [-0.2, -0.15) is 5.10 Å². The van der Waals surface area contributed by atoms with Gasteiger partial charge in [-0.15, -0.1) is 0 Å². The minimum atomic E-state index is -1.25. The second kappa shape index (κ2) is 12.0. The maximum Gasteiger partial charge on any atom is 0.256 e. The molecule has 4 rings (SSSR count). The number of hydrogen-bond acceptors (Lipinski definition) is 6. The molecule has 4 amide bonds. The van der Waals surface area contributed by atoms with Crippen molar-refractivity contribution >= 4 is 29.3 Å². The summed E-state index contributed by atoms with van der Waals surface area (Å²) in [5.74, 6) is -1.39. The predicted octanol–water partition coefficient (Wildman–Crippen LogP) is 1.89. The van der Waals surface area contributed by atoms with Crippen LogP contribution in [0, 0.1) is 5.41 Å². The fraction of sp³-hybridized carbons (Fsp3) is 0.433. The molecule has 2 atom stereocenters. The molecular weight excluding hydrogens is 510 g/mol. The van der Waals surface area contributed by atoms with Gasteiger partial charge in [-0.3, -0.25) is 19.2 Å². The van der Waals surface area contributed by atoms with Crippen LogP contribution in [0.15, 0.2) is 65.8 Å². The number of carbonyl (C=O) groups excluding carboxylic acids is 4. The highest BCUT2D eigenvalue weighted by molar-refractivity contribution is 6.13. The smallest absolute Gasteiger partial charge is 0.256 e. The zero-order chi connectivity index (χ0) is 28.9. The number of hydrazone groups is 1. The molecule has 1 fully saturated rings. The number of hydrogen-bond donors (Lipinski definition) is 2. The lowest BCUT2D eigenvalue weighted by atomic mass is 9.73. The molecule has 0 aromatic heterocycles. The van der Waals surface area contributed by atoms with Crippen LogP contribution >= 0.6 is 0 Å². The van der Waals surface area contributed by atoms with E-state index in [1.54, 1.807) is 25.8 Å². The first kappa shape index (κ1) is 28.9. The summed E-state index contributed by atoms with van der Waals surface area (Å²) in [5, 5.41) is 11.3. The normalized spacial score (nSPS) is 19.5. The van der Waals surface area contributed by atoms with Crippen LogP contribution < -0.4 is 10.6 Å². The number of piperidine rings is 1. The molecular formula is C30H37N5O5. The molecule has 1 saturated heterocycles. The average Bonchev–Trinajstić information content (AvgIpc) is 3.16. The second-order valence-corrected chi connectivity index (χ2v) is 11.0. The van der Waals surface area contributed by atoms with Gasteiger partial charge in [0.05, 0.1) is 18.9 Å². The molecule has 0 aliphatic carbocycles. The first-order valence-corrected chi connectivity index (χ1v) is 13.4. The summed E-state index contributed by atoms with van der Waals surface area (Å²) < 4.78 is 5.89. The minimum absolute atomic E-state index is 0.0768. The molecule has 0 spiro atoms. The van der Waals surface area contributed by atoms with Crippen molar-refractivity contribution in [3.63, 3.8) is 0 Å². The van der Waals surface area contributed by atoms with Gasteiger partial charge in [-0.1, -0.05) is 60.7 Å². The van der Waals surface area contributed by atoms with Gasteiger partial charge < -0.3 is 20.3 Å². The lowest BCUT2D eigenvalue weighted by Crippen LogP contribution is -2.62. The Morgan fingerprint density at radius 1 is 1.05 bits per heavy atom. The molecule has 2 aromatic rings. The first-order chi connectivity index (χ1) is 19.0. The topological polar surface area (TPSA) is 120 Å². The Morgan fingerprint density at radius 3 is 2.30 bits per heavy atom. The number of benzene rings is 2. The highest BCUT2D eigenvalue weighted by atomic mass is 16.5. The van der Waals surface area contributed by atoms with Crippen molar-refractivity contribution in [3.8, 4) is 0 Å². The SMILES string of the molecule is CC(=O)NC(C)(C)C(=O)NC(COCc1ccccc1)C(=O)N1CCC2=NN(C)C(=O)C2(Cc2ccccc2)C1. The third-order valence-corrected chi connectivity index (χ3v) is 7.32. The van der Waals surface area contributed by atoms with Crippen molar-refractivity contribution < 1.29 is 23.9 Å². The van der Waals surface area contributed by atoms with E-state index in [1.165, 1.54) is 11.9 Å². The second-order valence-electron chi connectivity index (χ2n) is 11.0. The highest BCUT2D eigenvalue weighted by Gasteiger charge is 2.54. The molecule has 2 heterocycles. The van der Waals surface area contributed by atoms with Crippen LogP contribution in [-0.2, 0) is 36.9 Å². The molecule has 0 saturated carbocycles. The summed E-state index contributed by atoms with van der Waals surface area (Å²) in [6.45, 7) is 5.15. The van der Waals surface area contributed by atoms with E-state index >= 15 is 0 Å². The summed E-state index contributed by atoms with van der Waals surface area (Å²) in [6, 6.07) is 18.2. The first-order valence-electron chi connectivity index (χ1n) is 13.4. The monoisotopic (exact) mass is 547 g/mol. The van der Waals surface area contributed by atoms with Crippen molar-refractivity contribution in [2.24, 2.45) is 10.5 Å². The zero-order valence-corrected chi connectivity index (χ0v) is 23.5. The third kappa shape index (κ3) is 6.39. The van der Waals surface area contributed by atoms with Crippen molar-refractivity contribution in [1.82, 2.24) is 20.5 Å². The van der Waals surface area contributed by atoms with Gasteiger partial charge in [0.15, 0.2) is 0 Å². The Labute approximate surface area is 234 Å². The molecule has 40 heavy (non-hydrogen) atoms. The predicted molar refractivity (Wildman–Crippen MR) is 150 cm³/mol. The van der Waals surface area contributed by atoms with E-state index in [9.17, 15) is 19.2 Å². The molecule has 0 bridgehead atoms. The van der Waals surface area contributed by atoms with Crippen molar-refractivity contribution in [1.29, 1.82) is 0 Å². The number of nitrogens with zero attached hydrogens (tertiary/aromatic N) is 3. The molecule has 2 aliphatic heterocycles. The minimum Gasteiger partial charge on any atom is -0.374 e. The lowest BCUT2D eigenvalue weighted by molar-refractivity contribution is -0.144. The molecule has 10 nitrogen and oxygen atoms in total. The molecule has 2 N–H and O–H groups in total. The molecule has 2 aliphatic rings. The van der Waals surface area contributed by atoms with Crippen LogP contribution in [0.2, 0.25) is 0 Å². The number of rotatable bonds is 10. The van der Waals surface area contributed by atoms with E-state index < -0.39 is 22.9 Å². The molecule has 2 aromatic carbocycles. The van der Waals surface area contributed by atoms with Gasteiger partial charge in [0.1, 0.15) is 17.0 Å². The van der Waals surface area contributed by atoms with E-state index in [4.69, 9.17) is 4.74 Å². The van der Waals surface area contributed by atoms with E-state index in [0.717, 1.165) is 16.8 Å². The van der Waals surface area contributed by atoms with E-state index in [0.29, 0.717) is 19.4 Å². The van der Waals surface area contributed by atoms with Gasteiger partial charge in [0, 0.05) is 33.5 Å². The van der Waals surface area contributed by atoms with Crippen LogP contribution in [-0.4, -0.2) is 77.6 Å². The number of nitrogens with one attached hydrogen (secondary N) is 2. The molecule has 2 unspecified atom stereocenters. The fourth-order valence-electron chi connectivity index (χ4n) is 5.31. The number of carbonyl (C=O) groups is 4. The summed E-state index contributed by atoms with van der Waals surface area (Å²) >= 11 is 0. The van der Waals surface area contributed by atoms with Crippen LogP contribution in [0.3, 0.4) is 0 Å². The van der Waals surface area contributed by atoms with Crippen LogP contribution in [0.4, 0.5) is 0 Å². The quantitative estimate of drug-likeness (QED) is 0.471. The third-order valence-electron chi connectivity index (χ3n) is 7.32. The van der Waals surface area contributed by atoms with E-state index in [1.807, 2.05) is 60.7 Å². The van der Waals surface area contributed by atoms with Gasteiger partial charge in [-0.25, -0.2) is 5.01 Å². The highest BCUT2D eigenvalue weighted by Crippen LogP contribution is 2.38. The number of fused-ring (bicyclic) bond motifs is 1. The van der Waals surface area contributed by atoms with Crippen molar-refractivity contribution in [3.05, 3.63) is 71.8 Å². The van der Waals surface area contributed by atoms with Gasteiger partial charge in [-0.05, 0) is 31.4 Å². The number of ether oxygens (including phenoxy) is 1. The van der Waals surface area contributed by atoms with Gasteiger partial charge >= 0.3 is 0 Å². The largest absolute Gasteiger partial charge is 0.374 e. The Bertz CT molecular complexity index is 1280. The Hall–Kier alpha value is -4.05. The number of likely N-dealkylation sites (tertiary alicyclic amines) is 1. The Morgan fingerprint density at radius 2 is 1.68 bits per heavy atom. The molecule has 10 heteroatoms. The standard InChI is InChI=1S/C30H37N5O5/c1-21(36)32-29(2,3)27(38)31-24(19-40-18-23-13-9-6-10-14-23)26(37)35-16-15-25-30(20-35,28(39)34(4)33-25)17-22-11-7-5-8-12-22/h5-14,24H,15-20H2,1-4H3,(H,31,38)(H,32,36). The molecule has 0 radical (unpaired) electrons. The number of amides is 4. The van der Waals surface area contributed by atoms with Gasteiger partial charge in [0.25, 0.3) is 5.91 Å². The van der Waals surface area contributed by atoms with Crippen molar-refractivity contribution in [2.75, 3.05) is 26.7 Å². The summed E-state index contributed by atoms with van der Waals surface area (Å²) in [4.78, 5) is 53.9. The Kier molecular flexibility index (Phi) is 8.68. The summed E-state index contributed by atoms with van der Waals surface area (Å²) in [5.41, 5.74) is 0.448. The van der Waals surface area contributed by atoms with E-state index in [-0.39, 0.29) is 37.5 Å². The van der Waals surface area contributed by atoms with Crippen LogP contribution in [0.5, 0.6) is 0 Å². The summed E-state index contributed by atoms with van der Waals surface area (Å²) in [6.07, 6.45) is 0.855. The van der Waals surface area contributed by atoms with Crippen LogP contribution in [0.25, 0.3) is 0 Å². The fourth-order valence-corrected chi connectivity index (χ4v) is 5.31. The lowest BCUT2D eigenvalue weighted by Gasteiger charge is -2.41. The van der Waals surface area contributed by atoms with E-state index in [2.05, 4.69) is 15.7 Å². The average molecular weight is 548 g/mol. The maximum atomic E-state index is 14.0. The zero-order valence-electron chi connectivity index (χ0n) is 23.5. The maximum absolute atomic E-state index is 14.0. The molecule has 212 valence electrons.